The summed E-state index contributed by atoms with van der Waals surface area (Å²) in [6.07, 6.45) is 10.8. The van der Waals surface area contributed by atoms with Gasteiger partial charge in [0.15, 0.2) is 5.82 Å². The Morgan fingerprint density at radius 1 is 1.17 bits per heavy atom. The first-order valence-electron chi connectivity index (χ1n) is 14.8. The molecule has 2 aromatic heterocycles. The van der Waals surface area contributed by atoms with Gasteiger partial charge < -0.3 is 19.9 Å². The van der Waals surface area contributed by atoms with Crippen LogP contribution in [-0.4, -0.2) is 58.9 Å². The molecule has 1 fully saturated rings. The van der Waals surface area contributed by atoms with Gasteiger partial charge in [-0.2, -0.15) is 5.10 Å². The Hall–Kier alpha value is -3.91. The highest BCUT2D eigenvalue weighted by Crippen LogP contribution is 2.42. The molecule has 0 saturated carbocycles. The second-order valence-electron chi connectivity index (χ2n) is 11.1. The van der Waals surface area contributed by atoms with Gasteiger partial charge in [-0.25, -0.2) is 0 Å². The second-order valence-corrected chi connectivity index (χ2v) is 11.1. The average molecular weight is 553 g/mol. The van der Waals surface area contributed by atoms with Crippen molar-refractivity contribution in [3.8, 4) is 11.1 Å². The molecule has 0 aliphatic carbocycles. The van der Waals surface area contributed by atoms with E-state index in [-0.39, 0.29) is 5.91 Å². The Morgan fingerprint density at radius 3 is 2.68 bits per heavy atom. The topological polar surface area (TPSA) is 75.5 Å². The first-order chi connectivity index (χ1) is 20.0. The number of nitrogens with one attached hydrogen (secondary N) is 1. The van der Waals surface area contributed by atoms with Crippen LogP contribution in [0.2, 0.25) is 0 Å². The first-order valence-corrected chi connectivity index (χ1v) is 14.8. The smallest absolute Gasteiger partial charge is 0.219 e. The number of aryl methyl sites for hydroxylation is 1. The van der Waals surface area contributed by atoms with Crippen LogP contribution in [0.4, 0.5) is 11.5 Å². The van der Waals surface area contributed by atoms with E-state index in [2.05, 4.69) is 45.7 Å². The number of amides is 1. The van der Waals surface area contributed by atoms with Crippen molar-refractivity contribution >= 4 is 29.2 Å². The van der Waals surface area contributed by atoms with E-state index in [1.165, 1.54) is 22.5 Å². The SMILES string of the molecule is C=Cc1cc2c(cc1-c1ccc(C(=CC)NC)nc1)CCCN2c1nn(C2CCOCC2)c2c1CN(C(C)=O)CC2. The third kappa shape index (κ3) is 5.05. The molecule has 0 spiro atoms. The molecule has 3 aromatic rings. The summed E-state index contributed by atoms with van der Waals surface area (Å²) < 4.78 is 7.94. The molecule has 0 unspecified atom stereocenters. The van der Waals surface area contributed by atoms with Crippen LogP contribution in [0.5, 0.6) is 0 Å². The van der Waals surface area contributed by atoms with Gasteiger partial charge in [-0.3, -0.25) is 14.5 Å². The Morgan fingerprint density at radius 2 is 2.00 bits per heavy atom. The average Bonchev–Trinajstić information content (AvgIpc) is 3.40. The molecule has 8 nitrogen and oxygen atoms in total. The van der Waals surface area contributed by atoms with Crippen LogP contribution in [0, 0.1) is 0 Å². The molecule has 0 radical (unpaired) electrons. The van der Waals surface area contributed by atoms with Crippen LogP contribution in [0.3, 0.4) is 0 Å². The number of pyridine rings is 1. The molecule has 8 heteroatoms. The largest absolute Gasteiger partial charge is 0.387 e. The first kappa shape index (κ1) is 27.3. The summed E-state index contributed by atoms with van der Waals surface area (Å²) in [6.45, 7) is 11.6. The van der Waals surface area contributed by atoms with Crippen LogP contribution in [0.15, 0.2) is 43.1 Å². The van der Waals surface area contributed by atoms with Gasteiger partial charge in [0.25, 0.3) is 0 Å². The van der Waals surface area contributed by atoms with Gasteiger partial charge in [-0.15, -0.1) is 0 Å². The van der Waals surface area contributed by atoms with E-state index in [9.17, 15) is 4.79 Å². The molecule has 6 rings (SSSR count). The number of rotatable bonds is 6. The zero-order valence-corrected chi connectivity index (χ0v) is 24.4. The number of carbonyl (C=O) groups is 1. The number of aromatic nitrogens is 3. The lowest BCUT2D eigenvalue weighted by molar-refractivity contribution is -0.129. The fourth-order valence-corrected chi connectivity index (χ4v) is 6.57. The summed E-state index contributed by atoms with van der Waals surface area (Å²) >= 11 is 0. The van der Waals surface area contributed by atoms with Crippen LogP contribution >= 0.6 is 0 Å². The zero-order chi connectivity index (χ0) is 28.5. The predicted octanol–water partition coefficient (Wildman–Crippen LogP) is 5.51. The number of carbonyl (C=O) groups excluding carboxylic acids is 1. The number of nitrogens with zero attached hydrogens (tertiary/aromatic N) is 5. The Kier molecular flexibility index (Phi) is 7.67. The van der Waals surface area contributed by atoms with Crippen molar-refractivity contribution in [3.05, 3.63) is 71.2 Å². The monoisotopic (exact) mass is 552 g/mol. The number of ether oxygens (including phenoxy) is 1. The number of anilines is 2. The lowest BCUT2D eigenvalue weighted by Gasteiger charge is -2.33. The fourth-order valence-electron chi connectivity index (χ4n) is 6.57. The third-order valence-corrected chi connectivity index (χ3v) is 8.80. The molecule has 1 saturated heterocycles. The summed E-state index contributed by atoms with van der Waals surface area (Å²) in [4.78, 5) is 21.5. The summed E-state index contributed by atoms with van der Waals surface area (Å²) in [5.74, 6) is 1.12. The van der Waals surface area contributed by atoms with Crippen molar-refractivity contribution in [3.63, 3.8) is 0 Å². The van der Waals surface area contributed by atoms with Gasteiger partial charge in [0.1, 0.15) is 0 Å². The van der Waals surface area contributed by atoms with E-state index in [0.717, 1.165) is 92.3 Å². The highest BCUT2D eigenvalue weighted by atomic mass is 16.5. The number of allylic oxidation sites excluding steroid dienone is 1. The van der Waals surface area contributed by atoms with Gasteiger partial charge in [0, 0.05) is 75.4 Å². The maximum atomic E-state index is 12.4. The number of fused-ring (bicyclic) bond motifs is 2. The Balaban J connectivity index is 1.41. The van der Waals surface area contributed by atoms with E-state index in [4.69, 9.17) is 14.8 Å². The maximum absolute atomic E-state index is 12.4. The van der Waals surface area contributed by atoms with Crippen LogP contribution in [0.25, 0.3) is 22.9 Å². The van der Waals surface area contributed by atoms with Crippen molar-refractivity contribution in [1.82, 2.24) is 25.0 Å². The van der Waals surface area contributed by atoms with Crippen molar-refractivity contribution in [2.45, 2.75) is 58.5 Å². The van der Waals surface area contributed by atoms with Gasteiger partial charge in [0.05, 0.1) is 24.0 Å². The number of benzene rings is 1. The van der Waals surface area contributed by atoms with Crippen molar-refractivity contribution in [2.75, 3.05) is 38.3 Å². The molecule has 1 aromatic carbocycles. The van der Waals surface area contributed by atoms with Crippen LogP contribution in [-0.2, 0) is 28.9 Å². The van der Waals surface area contributed by atoms with E-state index >= 15 is 0 Å². The van der Waals surface area contributed by atoms with Gasteiger partial charge in [0.2, 0.25) is 5.91 Å². The Bertz CT molecular complexity index is 1480. The standard InChI is InChI=1S/C33H40N6O2/c1-5-23-19-32-24(18-27(23)25-9-10-30(35-20-25)29(6-2)34-4)8-7-14-38(32)33-28-21-37(22(3)40)15-11-31(28)39(36-33)26-12-16-41-17-13-26/h5-6,9-10,18-20,26,34H,1,7-8,11-17,21H2,2-4H3. The predicted molar refractivity (Wildman–Crippen MR) is 164 cm³/mol. The minimum absolute atomic E-state index is 0.119. The summed E-state index contributed by atoms with van der Waals surface area (Å²) in [5.41, 5.74) is 10.2. The molecule has 3 aliphatic heterocycles. The normalized spacial score (nSPS) is 17.7. The van der Waals surface area contributed by atoms with Crippen LogP contribution in [0.1, 0.15) is 67.2 Å². The molecule has 0 atom stereocenters. The Labute approximate surface area is 242 Å². The minimum atomic E-state index is 0.119. The van der Waals surface area contributed by atoms with Gasteiger partial charge >= 0.3 is 0 Å². The highest BCUT2D eigenvalue weighted by molar-refractivity contribution is 5.82. The van der Waals surface area contributed by atoms with E-state index in [0.29, 0.717) is 12.6 Å². The molecule has 0 bridgehead atoms. The highest BCUT2D eigenvalue weighted by Gasteiger charge is 2.33. The molecule has 41 heavy (non-hydrogen) atoms. The number of hydrogen-bond acceptors (Lipinski definition) is 6. The molecule has 1 N–H and O–H groups in total. The van der Waals surface area contributed by atoms with Gasteiger partial charge in [-0.05, 0) is 67.5 Å². The lowest BCUT2D eigenvalue weighted by Crippen LogP contribution is -2.36. The molecule has 3 aliphatic rings. The zero-order valence-electron chi connectivity index (χ0n) is 24.4. The minimum Gasteiger partial charge on any atom is -0.387 e. The third-order valence-electron chi connectivity index (χ3n) is 8.80. The van der Waals surface area contributed by atoms with Crippen molar-refractivity contribution in [1.29, 1.82) is 0 Å². The van der Waals surface area contributed by atoms with E-state index in [1.807, 2.05) is 37.2 Å². The molecular weight excluding hydrogens is 512 g/mol. The maximum Gasteiger partial charge on any atom is 0.219 e. The summed E-state index contributed by atoms with van der Waals surface area (Å²) in [6, 6.07) is 9.12. The van der Waals surface area contributed by atoms with Crippen molar-refractivity contribution in [2.24, 2.45) is 0 Å². The summed E-state index contributed by atoms with van der Waals surface area (Å²) in [5, 5.41) is 8.52. The quantitative estimate of drug-likeness (QED) is 0.435. The van der Waals surface area contributed by atoms with Gasteiger partial charge in [-0.1, -0.05) is 24.8 Å². The van der Waals surface area contributed by atoms with Crippen LogP contribution < -0.4 is 10.2 Å². The number of hydrogen-bond donors (Lipinski definition) is 1. The summed E-state index contributed by atoms with van der Waals surface area (Å²) in [7, 11) is 1.91. The second kappa shape index (κ2) is 11.5. The molecular formula is C33H40N6O2. The molecule has 214 valence electrons. The molecule has 1 amide bonds. The van der Waals surface area contributed by atoms with Crippen molar-refractivity contribution < 1.29 is 9.53 Å². The van der Waals surface area contributed by atoms with E-state index < -0.39 is 0 Å². The van der Waals surface area contributed by atoms with E-state index in [1.54, 1.807) is 6.92 Å². The fraction of sp³-hybridized carbons (Fsp3) is 0.424. The molecule has 5 heterocycles. The lowest BCUT2D eigenvalue weighted by atomic mass is 9.92.